The summed E-state index contributed by atoms with van der Waals surface area (Å²) in [6.07, 6.45) is 3.79. The van der Waals surface area contributed by atoms with Gasteiger partial charge in [0.15, 0.2) is 0 Å². The van der Waals surface area contributed by atoms with E-state index in [-0.39, 0.29) is 0 Å². The summed E-state index contributed by atoms with van der Waals surface area (Å²) >= 11 is 6.43. The molecule has 1 saturated heterocycles. The molecule has 0 spiro atoms. The van der Waals surface area contributed by atoms with Crippen LogP contribution in [0.1, 0.15) is 38.7 Å². The number of nitrogens with zero attached hydrogens (tertiary/aromatic N) is 1. The van der Waals surface area contributed by atoms with Gasteiger partial charge in [0.25, 0.3) is 0 Å². The van der Waals surface area contributed by atoms with E-state index in [0.717, 1.165) is 24.7 Å². The van der Waals surface area contributed by atoms with Gasteiger partial charge in [-0.2, -0.15) is 0 Å². The monoisotopic (exact) mass is 280 g/mol. The summed E-state index contributed by atoms with van der Waals surface area (Å²) in [4.78, 5) is 2.46. The molecule has 2 nitrogen and oxygen atoms in total. The minimum atomic E-state index is 0.515. The topological polar surface area (TPSA) is 15.3 Å². The first-order chi connectivity index (χ1) is 9.09. The zero-order valence-corrected chi connectivity index (χ0v) is 13.1. The zero-order chi connectivity index (χ0) is 13.9. The highest BCUT2D eigenvalue weighted by Crippen LogP contribution is 2.38. The molecule has 1 heterocycles. The van der Waals surface area contributed by atoms with Crippen LogP contribution in [0.2, 0.25) is 5.02 Å². The number of hydrogen-bond donors (Lipinski definition) is 1. The zero-order valence-electron chi connectivity index (χ0n) is 12.3. The number of anilines is 1. The van der Waals surface area contributed by atoms with Crippen molar-refractivity contribution in [2.24, 2.45) is 5.41 Å². The molecule has 3 heteroatoms. The van der Waals surface area contributed by atoms with Crippen molar-refractivity contribution in [1.82, 2.24) is 5.32 Å². The molecule has 0 aliphatic carbocycles. The molecular formula is C16H25ClN2. The summed E-state index contributed by atoms with van der Waals surface area (Å²) in [6.45, 7) is 7.82. The Morgan fingerprint density at radius 3 is 2.58 bits per heavy atom. The van der Waals surface area contributed by atoms with Crippen molar-refractivity contribution >= 4 is 17.3 Å². The molecule has 1 fully saturated rings. The lowest BCUT2D eigenvalue weighted by molar-refractivity contribution is 0.238. The highest BCUT2D eigenvalue weighted by molar-refractivity contribution is 6.33. The maximum atomic E-state index is 6.43. The predicted molar refractivity (Wildman–Crippen MR) is 84.1 cm³/mol. The normalized spacial score (nSPS) is 18.6. The Bertz CT molecular complexity index is 423. The maximum Gasteiger partial charge on any atom is 0.0642 e. The molecule has 0 radical (unpaired) electrons. The number of nitrogens with one attached hydrogen (secondary N) is 1. The second kappa shape index (κ2) is 6.15. The second-order valence-electron chi connectivity index (χ2n) is 5.93. The van der Waals surface area contributed by atoms with E-state index in [1.54, 1.807) is 0 Å². The van der Waals surface area contributed by atoms with Gasteiger partial charge in [-0.3, -0.25) is 0 Å². The van der Waals surface area contributed by atoms with Crippen LogP contribution >= 0.6 is 11.6 Å². The van der Waals surface area contributed by atoms with Gasteiger partial charge in [0, 0.05) is 19.6 Å². The highest BCUT2D eigenvalue weighted by Gasteiger charge is 2.29. The molecule has 0 aromatic heterocycles. The largest absolute Gasteiger partial charge is 0.370 e. The molecule has 106 valence electrons. The van der Waals surface area contributed by atoms with Gasteiger partial charge in [0.1, 0.15) is 0 Å². The van der Waals surface area contributed by atoms with Crippen LogP contribution < -0.4 is 10.2 Å². The van der Waals surface area contributed by atoms with Crippen molar-refractivity contribution in [3.8, 4) is 0 Å². The van der Waals surface area contributed by atoms with E-state index in [1.807, 2.05) is 19.2 Å². The van der Waals surface area contributed by atoms with Gasteiger partial charge in [0.2, 0.25) is 0 Å². The number of benzene rings is 1. The summed E-state index contributed by atoms with van der Waals surface area (Å²) in [7, 11) is 1.98. The summed E-state index contributed by atoms with van der Waals surface area (Å²) in [5, 5.41) is 4.12. The second-order valence-corrected chi connectivity index (χ2v) is 6.34. The Kier molecular flexibility index (Phi) is 4.75. The van der Waals surface area contributed by atoms with Gasteiger partial charge < -0.3 is 10.2 Å². The van der Waals surface area contributed by atoms with E-state index in [9.17, 15) is 0 Å². The van der Waals surface area contributed by atoms with Crippen LogP contribution in [0, 0.1) is 5.41 Å². The van der Waals surface area contributed by atoms with Crippen LogP contribution in [-0.4, -0.2) is 20.1 Å². The quantitative estimate of drug-likeness (QED) is 0.894. The smallest absolute Gasteiger partial charge is 0.0642 e. The Morgan fingerprint density at radius 2 is 2.00 bits per heavy atom. The Balaban J connectivity index is 2.19. The summed E-state index contributed by atoms with van der Waals surface area (Å²) in [5.41, 5.74) is 3.05. The predicted octanol–water partition coefficient (Wildman–Crippen LogP) is 4.08. The lowest BCUT2D eigenvalue weighted by atomic mass is 9.78. The number of halogens is 1. The third-order valence-electron chi connectivity index (χ3n) is 4.58. The van der Waals surface area contributed by atoms with Crippen molar-refractivity contribution in [2.45, 2.75) is 39.7 Å². The van der Waals surface area contributed by atoms with E-state index in [4.69, 9.17) is 11.6 Å². The molecule has 2 rings (SSSR count). The molecule has 1 aromatic carbocycles. The van der Waals surface area contributed by atoms with Crippen molar-refractivity contribution in [1.29, 1.82) is 0 Å². The van der Waals surface area contributed by atoms with Gasteiger partial charge in [-0.05, 0) is 36.9 Å². The first kappa shape index (κ1) is 14.7. The van der Waals surface area contributed by atoms with Crippen LogP contribution in [0.5, 0.6) is 0 Å². The van der Waals surface area contributed by atoms with Crippen LogP contribution in [0.4, 0.5) is 5.69 Å². The van der Waals surface area contributed by atoms with E-state index in [1.165, 1.54) is 30.5 Å². The Hall–Kier alpha value is -0.730. The molecular weight excluding hydrogens is 256 g/mol. The van der Waals surface area contributed by atoms with Crippen molar-refractivity contribution in [3.63, 3.8) is 0 Å². The fourth-order valence-corrected chi connectivity index (χ4v) is 3.18. The third-order valence-corrected chi connectivity index (χ3v) is 4.88. The lowest BCUT2D eigenvalue weighted by Crippen LogP contribution is -2.39. The van der Waals surface area contributed by atoms with Crippen LogP contribution in [0.25, 0.3) is 0 Å². The van der Waals surface area contributed by atoms with E-state index >= 15 is 0 Å². The van der Waals surface area contributed by atoms with Crippen molar-refractivity contribution in [3.05, 3.63) is 28.8 Å². The SMILES string of the molecule is CCC1(C)CCN(c2c(Cl)cccc2CNC)CC1. The minimum Gasteiger partial charge on any atom is -0.370 e. The molecule has 0 unspecified atom stereocenters. The molecule has 19 heavy (non-hydrogen) atoms. The molecule has 0 atom stereocenters. The van der Waals surface area contributed by atoms with Gasteiger partial charge in [-0.1, -0.05) is 44.0 Å². The first-order valence-corrected chi connectivity index (χ1v) is 7.64. The number of piperidine rings is 1. The molecule has 0 amide bonds. The molecule has 0 saturated carbocycles. The molecule has 0 bridgehead atoms. The average molecular weight is 281 g/mol. The fraction of sp³-hybridized carbons (Fsp3) is 0.625. The summed E-state index contributed by atoms with van der Waals surface area (Å²) in [6, 6.07) is 6.22. The number of rotatable bonds is 4. The summed E-state index contributed by atoms with van der Waals surface area (Å²) < 4.78 is 0. The van der Waals surface area contributed by atoms with Gasteiger partial charge in [0.05, 0.1) is 10.7 Å². The molecule has 1 N–H and O–H groups in total. The Labute approximate surface area is 122 Å². The van der Waals surface area contributed by atoms with E-state index in [0.29, 0.717) is 5.41 Å². The van der Waals surface area contributed by atoms with Crippen LogP contribution in [-0.2, 0) is 6.54 Å². The molecule has 1 aliphatic heterocycles. The first-order valence-electron chi connectivity index (χ1n) is 7.26. The van der Waals surface area contributed by atoms with Gasteiger partial charge in [-0.15, -0.1) is 0 Å². The van der Waals surface area contributed by atoms with E-state index in [2.05, 4.69) is 30.1 Å². The van der Waals surface area contributed by atoms with Crippen LogP contribution in [0.3, 0.4) is 0 Å². The molecule has 1 aromatic rings. The minimum absolute atomic E-state index is 0.515. The summed E-state index contributed by atoms with van der Waals surface area (Å²) in [5.74, 6) is 0. The standard InChI is InChI=1S/C16H25ClN2/c1-4-16(2)8-10-19(11-9-16)15-13(12-18-3)6-5-7-14(15)17/h5-7,18H,4,8-12H2,1-3H3. The highest BCUT2D eigenvalue weighted by atomic mass is 35.5. The fourth-order valence-electron chi connectivity index (χ4n) is 2.87. The van der Waals surface area contributed by atoms with Crippen LogP contribution in [0.15, 0.2) is 18.2 Å². The number of para-hydroxylation sites is 1. The van der Waals surface area contributed by atoms with Gasteiger partial charge in [-0.25, -0.2) is 0 Å². The average Bonchev–Trinajstić information content (AvgIpc) is 2.41. The molecule has 1 aliphatic rings. The van der Waals surface area contributed by atoms with Gasteiger partial charge >= 0.3 is 0 Å². The number of hydrogen-bond acceptors (Lipinski definition) is 2. The third kappa shape index (κ3) is 3.24. The Morgan fingerprint density at radius 1 is 1.32 bits per heavy atom. The maximum absolute atomic E-state index is 6.43. The van der Waals surface area contributed by atoms with Crippen molar-refractivity contribution < 1.29 is 0 Å². The lowest BCUT2D eigenvalue weighted by Gasteiger charge is -2.41. The van der Waals surface area contributed by atoms with Crippen molar-refractivity contribution in [2.75, 3.05) is 25.0 Å². The van der Waals surface area contributed by atoms with E-state index < -0.39 is 0 Å².